The van der Waals surface area contributed by atoms with E-state index in [9.17, 15) is 9.59 Å². The SMILES string of the molecule is CCCOc1ccc(Cl)cc1/C=N\NC(=O)C(=O)NC[C@@H]1CCCO1. The van der Waals surface area contributed by atoms with Crippen LogP contribution in [0, 0.1) is 0 Å². The monoisotopic (exact) mass is 367 g/mol. The molecule has 7 nitrogen and oxygen atoms in total. The van der Waals surface area contributed by atoms with Gasteiger partial charge in [0.1, 0.15) is 5.75 Å². The zero-order chi connectivity index (χ0) is 18.1. The minimum atomic E-state index is -0.840. The summed E-state index contributed by atoms with van der Waals surface area (Å²) in [7, 11) is 0. The third-order valence-electron chi connectivity index (χ3n) is 3.52. The number of hydrogen-bond acceptors (Lipinski definition) is 5. The third-order valence-corrected chi connectivity index (χ3v) is 3.76. The summed E-state index contributed by atoms with van der Waals surface area (Å²) in [5.41, 5.74) is 2.80. The first-order valence-corrected chi connectivity index (χ1v) is 8.63. The maximum Gasteiger partial charge on any atom is 0.329 e. The summed E-state index contributed by atoms with van der Waals surface area (Å²) in [5.74, 6) is -0.986. The van der Waals surface area contributed by atoms with Crippen molar-refractivity contribution in [3.8, 4) is 5.75 Å². The summed E-state index contributed by atoms with van der Waals surface area (Å²) < 4.78 is 11.0. The van der Waals surface area contributed by atoms with Crippen LogP contribution in [0.5, 0.6) is 5.75 Å². The Kier molecular flexibility index (Phi) is 7.69. The average molecular weight is 368 g/mol. The Morgan fingerprint density at radius 3 is 3.00 bits per heavy atom. The van der Waals surface area contributed by atoms with Gasteiger partial charge in [0.15, 0.2) is 0 Å². The molecule has 2 N–H and O–H groups in total. The maximum absolute atomic E-state index is 11.7. The lowest BCUT2D eigenvalue weighted by Gasteiger charge is -2.10. The van der Waals surface area contributed by atoms with Crippen molar-refractivity contribution in [3.63, 3.8) is 0 Å². The fourth-order valence-corrected chi connectivity index (χ4v) is 2.45. The molecule has 1 saturated heterocycles. The molecule has 1 aliphatic rings. The summed E-state index contributed by atoms with van der Waals surface area (Å²) >= 11 is 5.97. The molecule has 2 rings (SSSR count). The number of hydrogen-bond donors (Lipinski definition) is 2. The zero-order valence-electron chi connectivity index (χ0n) is 14.1. The van der Waals surface area contributed by atoms with Gasteiger partial charge in [-0.25, -0.2) is 5.43 Å². The van der Waals surface area contributed by atoms with Crippen LogP contribution in [0.1, 0.15) is 31.7 Å². The molecule has 0 aliphatic carbocycles. The number of nitrogens with one attached hydrogen (secondary N) is 2. The first kappa shape index (κ1) is 19.2. The van der Waals surface area contributed by atoms with Crippen molar-refractivity contribution in [1.82, 2.24) is 10.7 Å². The highest BCUT2D eigenvalue weighted by molar-refractivity contribution is 6.35. The summed E-state index contributed by atoms with van der Waals surface area (Å²) in [6.45, 7) is 3.57. The molecule has 2 amide bonds. The van der Waals surface area contributed by atoms with Crippen LogP contribution in [0.25, 0.3) is 0 Å². The van der Waals surface area contributed by atoms with Gasteiger partial charge in [0.05, 0.1) is 18.9 Å². The lowest BCUT2D eigenvalue weighted by molar-refractivity contribution is -0.139. The number of hydrazone groups is 1. The number of nitrogens with zero attached hydrogens (tertiary/aromatic N) is 1. The predicted molar refractivity (Wildman–Crippen MR) is 95.0 cm³/mol. The van der Waals surface area contributed by atoms with Gasteiger partial charge in [0.25, 0.3) is 0 Å². The van der Waals surface area contributed by atoms with Crippen molar-refractivity contribution in [3.05, 3.63) is 28.8 Å². The van der Waals surface area contributed by atoms with Crippen molar-refractivity contribution in [2.75, 3.05) is 19.8 Å². The summed E-state index contributed by atoms with van der Waals surface area (Å²) in [6, 6.07) is 5.11. The Bertz CT molecular complexity index is 630. The molecule has 0 spiro atoms. The fraction of sp³-hybridized carbons (Fsp3) is 0.471. The van der Waals surface area contributed by atoms with Crippen LogP contribution in [0.2, 0.25) is 5.02 Å². The minimum Gasteiger partial charge on any atom is -0.493 e. The van der Waals surface area contributed by atoms with Gasteiger partial charge in [-0.05, 0) is 37.5 Å². The van der Waals surface area contributed by atoms with Crippen LogP contribution in [-0.2, 0) is 14.3 Å². The van der Waals surface area contributed by atoms with E-state index in [4.69, 9.17) is 21.1 Å². The van der Waals surface area contributed by atoms with Gasteiger partial charge in [-0.3, -0.25) is 9.59 Å². The molecule has 8 heteroatoms. The summed E-state index contributed by atoms with van der Waals surface area (Å²) in [6.07, 6.45) is 4.09. The van der Waals surface area contributed by atoms with Crippen LogP contribution in [0.4, 0.5) is 0 Å². The van der Waals surface area contributed by atoms with E-state index in [-0.39, 0.29) is 6.10 Å². The molecule has 1 aliphatic heterocycles. The normalized spacial score (nSPS) is 16.8. The van der Waals surface area contributed by atoms with Crippen molar-refractivity contribution >= 4 is 29.6 Å². The predicted octanol–water partition coefficient (Wildman–Crippen LogP) is 1.87. The molecule has 136 valence electrons. The molecular formula is C17H22ClN3O4. The van der Waals surface area contributed by atoms with Gasteiger partial charge >= 0.3 is 11.8 Å². The third kappa shape index (κ3) is 6.36. The van der Waals surface area contributed by atoms with E-state index >= 15 is 0 Å². The number of amides is 2. The van der Waals surface area contributed by atoms with Crippen LogP contribution < -0.4 is 15.5 Å². The Morgan fingerprint density at radius 1 is 1.44 bits per heavy atom. The standard InChI is InChI=1S/C17H22ClN3O4/c1-2-7-25-15-6-5-13(18)9-12(15)10-20-21-17(23)16(22)19-11-14-4-3-8-24-14/h5-6,9-10,14H,2-4,7-8,11H2,1H3,(H,19,22)(H,21,23)/b20-10-/t14-/m0/s1. The summed E-state index contributed by atoms with van der Waals surface area (Å²) in [5, 5.41) is 6.84. The second-order valence-electron chi connectivity index (χ2n) is 5.57. The molecule has 0 aromatic heterocycles. The van der Waals surface area contributed by atoms with Gasteiger partial charge in [-0.1, -0.05) is 18.5 Å². The van der Waals surface area contributed by atoms with Gasteiger partial charge in [0, 0.05) is 23.7 Å². The molecule has 0 unspecified atom stereocenters. The molecule has 0 radical (unpaired) electrons. The topological polar surface area (TPSA) is 89.0 Å². The molecule has 0 bridgehead atoms. The van der Waals surface area contributed by atoms with Gasteiger partial charge in [0.2, 0.25) is 0 Å². The first-order valence-electron chi connectivity index (χ1n) is 8.25. The van der Waals surface area contributed by atoms with Crippen molar-refractivity contribution in [2.24, 2.45) is 5.10 Å². The second-order valence-corrected chi connectivity index (χ2v) is 6.01. The van der Waals surface area contributed by atoms with Crippen LogP contribution in [-0.4, -0.2) is 43.9 Å². The molecule has 1 atom stereocenters. The van der Waals surface area contributed by atoms with E-state index in [0.717, 1.165) is 19.3 Å². The first-order chi connectivity index (χ1) is 12.1. The minimum absolute atomic E-state index is 0.0232. The fourth-order valence-electron chi connectivity index (χ4n) is 2.27. The smallest absolute Gasteiger partial charge is 0.329 e. The Morgan fingerprint density at radius 2 is 2.28 bits per heavy atom. The van der Waals surface area contributed by atoms with Gasteiger partial charge < -0.3 is 14.8 Å². The second kappa shape index (κ2) is 10.0. The number of rotatable bonds is 7. The Labute approximate surface area is 151 Å². The van der Waals surface area contributed by atoms with Gasteiger partial charge in [-0.2, -0.15) is 5.10 Å². The number of halogens is 1. The molecule has 1 heterocycles. The Balaban J connectivity index is 1.85. The van der Waals surface area contributed by atoms with Gasteiger partial charge in [-0.15, -0.1) is 0 Å². The highest BCUT2D eigenvalue weighted by atomic mass is 35.5. The van der Waals surface area contributed by atoms with E-state index in [2.05, 4.69) is 15.8 Å². The molecular weight excluding hydrogens is 346 g/mol. The summed E-state index contributed by atoms with van der Waals surface area (Å²) in [4.78, 5) is 23.4. The Hall–Kier alpha value is -2.12. The number of benzene rings is 1. The van der Waals surface area contributed by atoms with Crippen molar-refractivity contribution < 1.29 is 19.1 Å². The van der Waals surface area contributed by atoms with Crippen molar-refractivity contribution in [2.45, 2.75) is 32.3 Å². The average Bonchev–Trinajstić information content (AvgIpc) is 3.12. The molecule has 1 aromatic rings. The van der Waals surface area contributed by atoms with E-state index in [1.807, 2.05) is 6.92 Å². The number of carbonyl (C=O) groups excluding carboxylic acids is 2. The zero-order valence-corrected chi connectivity index (χ0v) is 14.8. The van der Waals surface area contributed by atoms with E-state index in [0.29, 0.717) is 36.1 Å². The quantitative estimate of drug-likeness (QED) is 0.437. The van der Waals surface area contributed by atoms with E-state index in [1.54, 1.807) is 18.2 Å². The lowest BCUT2D eigenvalue weighted by atomic mass is 10.2. The van der Waals surface area contributed by atoms with Crippen LogP contribution in [0.3, 0.4) is 0 Å². The van der Waals surface area contributed by atoms with Crippen LogP contribution >= 0.6 is 11.6 Å². The highest BCUT2D eigenvalue weighted by Crippen LogP contribution is 2.21. The van der Waals surface area contributed by atoms with Crippen LogP contribution in [0.15, 0.2) is 23.3 Å². The molecule has 0 saturated carbocycles. The lowest BCUT2D eigenvalue weighted by Crippen LogP contribution is -2.41. The number of carbonyl (C=O) groups is 2. The molecule has 1 aromatic carbocycles. The highest BCUT2D eigenvalue weighted by Gasteiger charge is 2.18. The molecule has 1 fully saturated rings. The van der Waals surface area contributed by atoms with Crippen molar-refractivity contribution in [1.29, 1.82) is 0 Å². The molecule has 25 heavy (non-hydrogen) atoms. The largest absolute Gasteiger partial charge is 0.493 e. The van der Waals surface area contributed by atoms with E-state index in [1.165, 1.54) is 6.21 Å². The maximum atomic E-state index is 11.7. The van der Waals surface area contributed by atoms with E-state index < -0.39 is 11.8 Å². The number of ether oxygens (including phenoxy) is 2.